The van der Waals surface area contributed by atoms with Gasteiger partial charge in [-0.15, -0.1) is 10.2 Å². The second-order valence-electron chi connectivity index (χ2n) is 6.33. The summed E-state index contributed by atoms with van der Waals surface area (Å²) in [7, 11) is 1.65. The van der Waals surface area contributed by atoms with Crippen molar-refractivity contribution in [2.75, 3.05) is 32.6 Å². The number of carbonyl (C=O) groups is 1. The first kappa shape index (κ1) is 19.5. The lowest BCUT2D eigenvalue weighted by Crippen LogP contribution is -2.37. The van der Waals surface area contributed by atoms with Crippen molar-refractivity contribution >= 4 is 17.7 Å². The maximum absolute atomic E-state index is 12.6. The molecule has 0 aliphatic heterocycles. The molecule has 2 aromatic rings. The Labute approximate surface area is 153 Å². The van der Waals surface area contributed by atoms with Gasteiger partial charge in [-0.05, 0) is 25.0 Å². The van der Waals surface area contributed by atoms with Gasteiger partial charge in [-0.2, -0.15) is 0 Å². The Bertz CT molecular complexity index is 670. The summed E-state index contributed by atoms with van der Waals surface area (Å²) < 4.78 is 7.02. The molecule has 0 aliphatic carbocycles. The van der Waals surface area contributed by atoms with Gasteiger partial charge in [0.2, 0.25) is 5.91 Å². The van der Waals surface area contributed by atoms with Gasteiger partial charge in [0.05, 0.1) is 12.4 Å². The number of methoxy groups -OCH3 is 1. The number of benzene rings is 1. The van der Waals surface area contributed by atoms with Crippen LogP contribution >= 0.6 is 11.8 Å². The van der Waals surface area contributed by atoms with Crippen LogP contribution in [0.1, 0.15) is 19.4 Å². The Morgan fingerprint density at radius 2 is 2.04 bits per heavy atom. The molecule has 0 N–H and O–H groups in total. The number of hydrogen-bond donors (Lipinski definition) is 0. The number of rotatable bonds is 9. The molecule has 6 nitrogen and oxygen atoms in total. The lowest BCUT2D eigenvalue weighted by molar-refractivity contribution is -0.129. The highest BCUT2D eigenvalue weighted by atomic mass is 32.2. The molecule has 1 aromatic carbocycles. The van der Waals surface area contributed by atoms with Gasteiger partial charge in [-0.3, -0.25) is 9.36 Å². The van der Waals surface area contributed by atoms with Gasteiger partial charge in [-0.1, -0.05) is 43.3 Å². The molecule has 0 atom stereocenters. The summed E-state index contributed by atoms with van der Waals surface area (Å²) in [6, 6.07) is 8.14. The zero-order chi connectivity index (χ0) is 18.2. The Morgan fingerprint density at radius 1 is 1.32 bits per heavy atom. The Balaban J connectivity index is 2.01. The summed E-state index contributed by atoms with van der Waals surface area (Å²) in [4.78, 5) is 14.4. The molecule has 0 unspecified atom stereocenters. The van der Waals surface area contributed by atoms with Crippen molar-refractivity contribution < 1.29 is 9.53 Å². The van der Waals surface area contributed by atoms with Crippen LogP contribution in [0.3, 0.4) is 0 Å². The number of hydrogen-bond acceptors (Lipinski definition) is 5. The van der Waals surface area contributed by atoms with Crippen molar-refractivity contribution in [3.8, 4) is 5.69 Å². The third kappa shape index (κ3) is 5.86. The van der Waals surface area contributed by atoms with E-state index in [4.69, 9.17) is 4.74 Å². The highest BCUT2D eigenvalue weighted by molar-refractivity contribution is 7.99. The van der Waals surface area contributed by atoms with E-state index in [0.29, 0.717) is 30.0 Å². The van der Waals surface area contributed by atoms with Crippen LogP contribution in [-0.4, -0.2) is 58.1 Å². The van der Waals surface area contributed by atoms with Crippen LogP contribution in [0.25, 0.3) is 5.69 Å². The molecule has 0 saturated carbocycles. The van der Waals surface area contributed by atoms with Crippen molar-refractivity contribution in [1.29, 1.82) is 0 Å². The third-order valence-electron chi connectivity index (χ3n) is 3.66. The first-order valence-corrected chi connectivity index (χ1v) is 9.36. The monoisotopic (exact) mass is 362 g/mol. The molecule has 0 fully saturated rings. The lowest BCUT2D eigenvalue weighted by atomic mass is 10.2. The predicted octanol–water partition coefficient (Wildman–Crippen LogP) is 2.80. The molecule has 0 aliphatic rings. The number of thioether (sulfide) groups is 1. The van der Waals surface area contributed by atoms with Gasteiger partial charge in [0.15, 0.2) is 5.16 Å². The smallest absolute Gasteiger partial charge is 0.233 e. The van der Waals surface area contributed by atoms with Crippen molar-refractivity contribution in [2.24, 2.45) is 5.92 Å². The van der Waals surface area contributed by atoms with E-state index in [2.05, 4.69) is 24.0 Å². The number of nitrogens with zero attached hydrogens (tertiary/aromatic N) is 4. The number of aryl methyl sites for hydroxylation is 1. The van der Waals surface area contributed by atoms with Gasteiger partial charge in [0, 0.05) is 25.9 Å². The van der Waals surface area contributed by atoms with Gasteiger partial charge < -0.3 is 9.64 Å². The molecule has 1 heterocycles. The molecule has 1 aromatic heterocycles. The van der Waals surface area contributed by atoms with Crippen LogP contribution in [0.4, 0.5) is 0 Å². The fourth-order valence-corrected chi connectivity index (χ4v) is 3.21. The number of ether oxygens (including phenoxy) is 1. The molecule has 0 saturated heterocycles. The normalized spacial score (nSPS) is 11.1. The summed E-state index contributed by atoms with van der Waals surface area (Å²) in [5.74, 6) is 0.845. The molecule has 7 heteroatoms. The van der Waals surface area contributed by atoms with Gasteiger partial charge in [0.25, 0.3) is 0 Å². The zero-order valence-corrected chi connectivity index (χ0v) is 16.1. The minimum absolute atomic E-state index is 0.0919. The van der Waals surface area contributed by atoms with E-state index in [0.717, 1.165) is 12.2 Å². The highest BCUT2D eigenvalue weighted by Gasteiger charge is 2.17. The number of carbonyl (C=O) groups excluding carboxylic acids is 1. The predicted molar refractivity (Wildman–Crippen MR) is 100 cm³/mol. The van der Waals surface area contributed by atoms with E-state index >= 15 is 0 Å². The molecule has 25 heavy (non-hydrogen) atoms. The fourth-order valence-electron chi connectivity index (χ4n) is 2.38. The van der Waals surface area contributed by atoms with Crippen LogP contribution < -0.4 is 0 Å². The molecule has 1 amide bonds. The maximum atomic E-state index is 12.6. The van der Waals surface area contributed by atoms with E-state index in [-0.39, 0.29) is 5.91 Å². The largest absolute Gasteiger partial charge is 0.383 e. The molecule has 2 rings (SSSR count). The molecule has 0 radical (unpaired) electrons. The fraction of sp³-hybridized carbons (Fsp3) is 0.500. The number of aromatic nitrogens is 3. The molecular weight excluding hydrogens is 336 g/mol. The summed E-state index contributed by atoms with van der Waals surface area (Å²) in [5, 5.41) is 8.85. The van der Waals surface area contributed by atoms with Crippen molar-refractivity contribution in [1.82, 2.24) is 19.7 Å². The number of amides is 1. The van der Waals surface area contributed by atoms with Crippen LogP contribution in [-0.2, 0) is 9.53 Å². The average Bonchev–Trinajstić information content (AvgIpc) is 3.05. The SMILES string of the molecule is COCCN(CC(C)C)C(=O)CSc1nncn1-c1ccc(C)cc1. The second kappa shape index (κ2) is 9.58. The first-order chi connectivity index (χ1) is 12.0. The maximum Gasteiger partial charge on any atom is 0.233 e. The van der Waals surface area contributed by atoms with Crippen LogP contribution in [0.15, 0.2) is 35.7 Å². The topological polar surface area (TPSA) is 60.2 Å². The molecule has 136 valence electrons. The third-order valence-corrected chi connectivity index (χ3v) is 4.58. The van der Waals surface area contributed by atoms with E-state index in [1.54, 1.807) is 13.4 Å². The van der Waals surface area contributed by atoms with E-state index in [1.165, 1.54) is 17.3 Å². The van der Waals surface area contributed by atoms with Crippen molar-refractivity contribution in [3.05, 3.63) is 36.2 Å². The zero-order valence-electron chi connectivity index (χ0n) is 15.3. The molecule has 0 spiro atoms. The summed E-state index contributed by atoms with van der Waals surface area (Å²) in [6.07, 6.45) is 1.67. The van der Waals surface area contributed by atoms with Gasteiger partial charge in [-0.25, -0.2) is 0 Å². The quantitative estimate of drug-likeness (QED) is 0.642. The summed E-state index contributed by atoms with van der Waals surface area (Å²) in [6.45, 7) is 8.14. The van der Waals surface area contributed by atoms with E-state index < -0.39 is 0 Å². The minimum atomic E-state index is 0.0919. The van der Waals surface area contributed by atoms with Crippen LogP contribution in [0.2, 0.25) is 0 Å². The molecule has 0 bridgehead atoms. The highest BCUT2D eigenvalue weighted by Crippen LogP contribution is 2.20. The average molecular weight is 362 g/mol. The van der Waals surface area contributed by atoms with Crippen LogP contribution in [0.5, 0.6) is 0 Å². The van der Waals surface area contributed by atoms with E-state index in [1.807, 2.05) is 40.7 Å². The second-order valence-corrected chi connectivity index (χ2v) is 7.28. The Morgan fingerprint density at radius 3 is 2.68 bits per heavy atom. The van der Waals surface area contributed by atoms with Crippen molar-refractivity contribution in [2.45, 2.75) is 25.9 Å². The standard InChI is InChI=1S/C18H26N4O2S/c1-14(2)11-21(9-10-24-4)17(23)12-25-18-20-19-13-22(18)16-7-5-15(3)6-8-16/h5-8,13-14H,9-12H2,1-4H3. The summed E-state index contributed by atoms with van der Waals surface area (Å²) in [5.41, 5.74) is 2.19. The van der Waals surface area contributed by atoms with Gasteiger partial charge >= 0.3 is 0 Å². The summed E-state index contributed by atoms with van der Waals surface area (Å²) >= 11 is 1.41. The van der Waals surface area contributed by atoms with Crippen LogP contribution in [0, 0.1) is 12.8 Å². The first-order valence-electron chi connectivity index (χ1n) is 8.37. The molecular formula is C18H26N4O2S. The Kier molecular flexibility index (Phi) is 7.46. The van der Waals surface area contributed by atoms with E-state index in [9.17, 15) is 4.79 Å². The van der Waals surface area contributed by atoms with Crippen molar-refractivity contribution in [3.63, 3.8) is 0 Å². The van der Waals surface area contributed by atoms with Gasteiger partial charge in [0.1, 0.15) is 6.33 Å². The minimum Gasteiger partial charge on any atom is -0.383 e. The lowest BCUT2D eigenvalue weighted by Gasteiger charge is -2.24. The Hall–Kier alpha value is -1.86.